The van der Waals surface area contributed by atoms with Crippen LogP contribution in [0.25, 0.3) is 0 Å². The van der Waals surface area contributed by atoms with Crippen LogP contribution in [0, 0.1) is 0 Å². The fraction of sp³-hybridized carbons (Fsp3) is 0.851. The molecule has 0 heterocycles. The van der Waals surface area contributed by atoms with Crippen molar-refractivity contribution in [2.45, 2.75) is 219 Å². The van der Waals surface area contributed by atoms with Gasteiger partial charge in [0.2, 0.25) is 0 Å². The zero-order valence-electron chi connectivity index (χ0n) is 36.6. The summed E-state index contributed by atoms with van der Waals surface area (Å²) in [6.45, 7) is 4.65. The molecular formula is C47H87NO7. The number of allylic oxidation sites excluding steroid dienone is 4. The lowest BCUT2D eigenvalue weighted by atomic mass is 10.0. The summed E-state index contributed by atoms with van der Waals surface area (Å²) in [7, 11) is 5.40. The number of hydrogen-bond acceptors (Lipinski definition) is 7. The van der Waals surface area contributed by atoms with Gasteiger partial charge in [0.15, 0.2) is 6.10 Å². The van der Waals surface area contributed by atoms with Crippen LogP contribution < -0.4 is 5.11 Å². The van der Waals surface area contributed by atoms with Crippen molar-refractivity contribution < 1.29 is 38.2 Å². The Morgan fingerprint density at radius 1 is 0.545 bits per heavy atom. The maximum atomic E-state index is 12.7. The number of ether oxygens (including phenoxy) is 3. The molecule has 322 valence electrons. The Bertz CT molecular complexity index is 957. The molecule has 0 aromatic heterocycles. The SMILES string of the molecule is CCCCCCCCC/C=C/C=C/CCCCCC(=O)OC(COCCC(C(=O)[O-])[N+](C)(C)C)COC(=O)CCCCCCCCCCCCCCCCC. The second kappa shape index (κ2) is 38.7. The van der Waals surface area contributed by atoms with E-state index in [2.05, 4.69) is 38.2 Å². The van der Waals surface area contributed by atoms with Crippen LogP contribution in [0.3, 0.4) is 0 Å². The molecule has 0 radical (unpaired) electrons. The molecule has 0 aliphatic heterocycles. The van der Waals surface area contributed by atoms with Gasteiger partial charge in [0.1, 0.15) is 12.6 Å². The molecule has 2 unspecified atom stereocenters. The number of quaternary nitrogens is 1. The molecule has 0 saturated carbocycles. The van der Waals surface area contributed by atoms with Gasteiger partial charge in [0.05, 0.1) is 40.3 Å². The van der Waals surface area contributed by atoms with E-state index < -0.39 is 18.1 Å². The van der Waals surface area contributed by atoms with E-state index in [-0.39, 0.29) is 42.7 Å². The van der Waals surface area contributed by atoms with Crippen molar-refractivity contribution in [3.8, 4) is 0 Å². The maximum Gasteiger partial charge on any atom is 0.306 e. The summed E-state index contributed by atoms with van der Waals surface area (Å²) in [6.07, 6.45) is 42.0. The van der Waals surface area contributed by atoms with Gasteiger partial charge in [-0.05, 0) is 38.5 Å². The van der Waals surface area contributed by atoms with Crippen molar-refractivity contribution in [2.75, 3.05) is 41.0 Å². The minimum Gasteiger partial charge on any atom is -0.544 e. The third-order valence-electron chi connectivity index (χ3n) is 10.4. The van der Waals surface area contributed by atoms with E-state index in [1.807, 2.05) is 0 Å². The summed E-state index contributed by atoms with van der Waals surface area (Å²) in [5.74, 6) is -1.76. The van der Waals surface area contributed by atoms with Crippen LogP contribution in [-0.2, 0) is 28.6 Å². The zero-order valence-corrected chi connectivity index (χ0v) is 36.6. The first kappa shape index (κ1) is 52.8. The van der Waals surface area contributed by atoms with Gasteiger partial charge in [0, 0.05) is 19.3 Å². The second-order valence-electron chi connectivity index (χ2n) is 16.7. The second-order valence-corrected chi connectivity index (χ2v) is 16.7. The lowest BCUT2D eigenvalue weighted by Crippen LogP contribution is -2.55. The minimum atomic E-state index is -1.13. The van der Waals surface area contributed by atoms with E-state index in [4.69, 9.17) is 14.2 Å². The number of rotatable bonds is 41. The third kappa shape index (κ3) is 37.2. The number of hydrogen-bond donors (Lipinski definition) is 0. The first-order valence-corrected chi connectivity index (χ1v) is 22.9. The Hall–Kier alpha value is -2.19. The van der Waals surface area contributed by atoms with Crippen LogP contribution in [0.4, 0.5) is 0 Å². The highest BCUT2D eigenvalue weighted by Crippen LogP contribution is 2.15. The third-order valence-corrected chi connectivity index (χ3v) is 10.4. The lowest BCUT2D eigenvalue weighted by molar-refractivity contribution is -0.889. The highest BCUT2D eigenvalue weighted by atomic mass is 16.6. The summed E-state index contributed by atoms with van der Waals surface area (Å²) >= 11 is 0. The molecule has 8 nitrogen and oxygen atoms in total. The van der Waals surface area contributed by atoms with Gasteiger partial charge in [0.25, 0.3) is 0 Å². The molecular weight excluding hydrogens is 691 g/mol. The number of carbonyl (C=O) groups is 3. The van der Waals surface area contributed by atoms with Crippen molar-refractivity contribution in [3.63, 3.8) is 0 Å². The summed E-state index contributed by atoms with van der Waals surface area (Å²) in [5.41, 5.74) is 0. The smallest absolute Gasteiger partial charge is 0.306 e. The first-order valence-electron chi connectivity index (χ1n) is 22.9. The van der Waals surface area contributed by atoms with Crippen LogP contribution >= 0.6 is 0 Å². The van der Waals surface area contributed by atoms with E-state index in [0.29, 0.717) is 12.8 Å². The normalized spacial score (nSPS) is 13.1. The Balaban J connectivity index is 4.36. The number of esters is 2. The summed E-state index contributed by atoms with van der Waals surface area (Å²) in [4.78, 5) is 36.8. The van der Waals surface area contributed by atoms with Crippen LogP contribution in [0.2, 0.25) is 0 Å². The van der Waals surface area contributed by atoms with Gasteiger partial charge >= 0.3 is 11.9 Å². The van der Waals surface area contributed by atoms with Crippen molar-refractivity contribution in [1.29, 1.82) is 0 Å². The molecule has 8 heteroatoms. The first-order chi connectivity index (χ1) is 26.6. The molecule has 0 saturated heterocycles. The molecule has 0 aliphatic rings. The zero-order chi connectivity index (χ0) is 40.7. The molecule has 0 fully saturated rings. The monoisotopic (exact) mass is 778 g/mol. The van der Waals surface area contributed by atoms with Crippen molar-refractivity contribution in [1.82, 2.24) is 0 Å². The molecule has 0 N–H and O–H groups in total. The minimum absolute atomic E-state index is 0.0339. The number of aliphatic carboxylic acids is 1. The van der Waals surface area contributed by atoms with E-state index in [9.17, 15) is 19.5 Å². The van der Waals surface area contributed by atoms with E-state index in [1.165, 1.54) is 122 Å². The van der Waals surface area contributed by atoms with Gasteiger partial charge in [-0.2, -0.15) is 0 Å². The van der Waals surface area contributed by atoms with Crippen molar-refractivity contribution >= 4 is 17.9 Å². The van der Waals surface area contributed by atoms with Crippen molar-refractivity contribution in [2.24, 2.45) is 0 Å². The van der Waals surface area contributed by atoms with Gasteiger partial charge < -0.3 is 28.6 Å². The number of carbonyl (C=O) groups excluding carboxylic acids is 3. The van der Waals surface area contributed by atoms with Gasteiger partial charge in [-0.25, -0.2) is 0 Å². The molecule has 0 spiro atoms. The highest BCUT2D eigenvalue weighted by molar-refractivity contribution is 5.70. The maximum absolute atomic E-state index is 12.7. The van der Waals surface area contributed by atoms with Gasteiger partial charge in [-0.3, -0.25) is 9.59 Å². The van der Waals surface area contributed by atoms with Crippen LogP contribution in [0.15, 0.2) is 24.3 Å². The van der Waals surface area contributed by atoms with Gasteiger partial charge in [-0.1, -0.05) is 173 Å². The number of unbranched alkanes of at least 4 members (excludes halogenated alkanes) is 24. The fourth-order valence-corrected chi connectivity index (χ4v) is 6.77. The Kier molecular flexibility index (Phi) is 37.1. The highest BCUT2D eigenvalue weighted by Gasteiger charge is 2.25. The summed E-state index contributed by atoms with van der Waals surface area (Å²) < 4.78 is 17.2. The average Bonchev–Trinajstić information content (AvgIpc) is 3.14. The Morgan fingerprint density at radius 2 is 0.945 bits per heavy atom. The van der Waals surface area contributed by atoms with E-state index >= 15 is 0 Å². The van der Waals surface area contributed by atoms with Crippen molar-refractivity contribution in [3.05, 3.63) is 24.3 Å². The predicted molar refractivity (Wildman–Crippen MR) is 227 cm³/mol. The number of likely N-dealkylation sites (N-methyl/N-ethyl adjacent to an activating group) is 1. The molecule has 0 bridgehead atoms. The molecule has 2 atom stereocenters. The molecule has 0 aromatic rings. The fourth-order valence-electron chi connectivity index (χ4n) is 6.77. The Labute approximate surface area is 339 Å². The average molecular weight is 778 g/mol. The van der Waals surface area contributed by atoms with Crippen LogP contribution in [-0.4, -0.2) is 75.5 Å². The topological polar surface area (TPSA) is 102 Å². The van der Waals surface area contributed by atoms with E-state index in [0.717, 1.165) is 51.4 Å². The standard InChI is InChI=1S/C47H87NO7/c1-6-8-10-12-14-16-18-20-22-24-26-28-30-32-34-36-38-46(50)55-43(41-53-40-39-44(47(51)52)48(3,4)5)42-54-45(49)37-35-33-31-29-27-25-23-21-19-17-15-13-11-9-7-2/h22,24,26,28,43-44H,6-21,23,25,27,29-42H2,1-5H3/b24-22+,28-26+. The van der Waals surface area contributed by atoms with E-state index in [1.54, 1.807) is 21.1 Å². The number of carboxylic acids is 1. The summed E-state index contributed by atoms with van der Waals surface area (Å²) in [5, 5.41) is 11.6. The molecule has 0 amide bonds. The Morgan fingerprint density at radius 3 is 1.38 bits per heavy atom. The number of carboxylic acid groups (broad SMARTS) is 1. The van der Waals surface area contributed by atoms with Crippen LogP contribution in [0.5, 0.6) is 0 Å². The molecule has 0 rings (SSSR count). The van der Waals surface area contributed by atoms with Crippen LogP contribution in [0.1, 0.15) is 206 Å². The molecule has 0 aliphatic carbocycles. The predicted octanol–water partition coefficient (Wildman–Crippen LogP) is 11.1. The molecule has 0 aromatic carbocycles. The largest absolute Gasteiger partial charge is 0.544 e. The number of nitrogens with zero attached hydrogens (tertiary/aromatic N) is 1. The quantitative estimate of drug-likeness (QED) is 0.0264. The van der Waals surface area contributed by atoms with Gasteiger partial charge in [-0.15, -0.1) is 0 Å². The summed E-state index contributed by atoms with van der Waals surface area (Å²) in [6, 6.07) is -0.727. The lowest BCUT2D eigenvalue weighted by Gasteiger charge is -2.34. The molecule has 55 heavy (non-hydrogen) atoms.